The Morgan fingerprint density at radius 3 is 2.38 bits per heavy atom. The first-order chi connectivity index (χ1) is 7.60. The fraction of sp³-hybridized carbons (Fsp3) is 1.00. The zero-order valence-electron chi connectivity index (χ0n) is 12.0. The van der Waals surface area contributed by atoms with Crippen LogP contribution in [0.4, 0.5) is 0 Å². The summed E-state index contributed by atoms with van der Waals surface area (Å²) in [5.41, 5.74) is 0. The molecule has 0 aliphatic carbocycles. The zero-order valence-corrected chi connectivity index (χ0v) is 12.0. The van der Waals surface area contributed by atoms with Crippen molar-refractivity contribution in [3.63, 3.8) is 0 Å². The summed E-state index contributed by atoms with van der Waals surface area (Å²) in [6.45, 7) is 12.2. The average Bonchev–Trinajstić information content (AvgIpc) is 2.22. The summed E-state index contributed by atoms with van der Waals surface area (Å²) in [5, 5.41) is 0. The lowest BCUT2D eigenvalue weighted by atomic mass is 10.1. The fourth-order valence-corrected chi connectivity index (χ4v) is 1.86. The molecule has 0 heterocycles. The van der Waals surface area contributed by atoms with E-state index < -0.39 is 0 Å². The monoisotopic (exact) mass is 229 g/mol. The van der Waals surface area contributed by atoms with Crippen LogP contribution in [-0.4, -0.2) is 37.7 Å². The molecule has 0 aliphatic rings. The van der Waals surface area contributed by atoms with Crippen LogP contribution >= 0.6 is 0 Å². The third kappa shape index (κ3) is 9.17. The number of rotatable bonds is 10. The van der Waals surface area contributed by atoms with Crippen molar-refractivity contribution in [1.29, 1.82) is 0 Å². The number of hydrogen-bond donors (Lipinski definition) is 0. The van der Waals surface area contributed by atoms with Crippen LogP contribution in [0.3, 0.4) is 0 Å². The summed E-state index contributed by atoms with van der Waals surface area (Å²) in [5.74, 6) is 0.798. The molecule has 16 heavy (non-hydrogen) atoms. The minimum absolute atomic E-state index is 0.420. The molecule has 2 nitrogen and oxygen atoms in total. The summed E-state index contributed by atoms with van der Waals surface area (Å²) in [6.07, 6.45) is 5.24. The number of hydrogen-bond acceptors (Lipinski definition) is 2. The molecule has 2 heteroatoms. The third-order valence-corrected chi connectivity index (χ3v) is 2.86. The molecule has 0 aliphatic heterocycles. The van der Waals surface area contributed by atoms with Gasteiger partial charge in [0.1, 0.15) is 0 Å². The maximum atomic E-state index is 5.92. The lowest BCUT2D eigenvalue weighted by Gasteiger charge is -2.23. The van der Waals surface area contributed by atoms with Gasteiger partial charge in [-0.2, -0.15) is 0 Å². The summed E-state index contributed by atoms with van der Waals surface area (Å²) < 4.78 is 5.92. The predicted molar refractivity (Wildman–Crippen MR) is 71.9 cm³/mol. The van der Waals surface area contributed by atoms with Crippen LogP contribution in [0.5, 0.6) is 0 Å². The first-order valence-corrected chi connectivity index (χ1v) is 6.90. The predicted octanol–water partition coefficient (Wildman–Crippen LogP) is 3.56. The Morgan fingerprint density at radius 2 is 1.88 bits per heavy atom. The normalized spacial score (nSPS) is 13.7. The van der Waals surface area contributed by atoms with Gasteiger partial charge >= 0.3 is 0 Å². The van der Waals surface area contributed by atoms with Crippen molar-refractivity contribution >= 4 is 0 Å². The molecular weight excluding hydrogens is 198 g/mol. The van der Waals surface area contributed by atoms with Crippen LogP contribution < -0.4 is 0 Å². The summed E-state index contributed by atoms with van der Waals surface area (Å²) in [4.78, 5) is 2.37. The Kier molecular flexibility index (Phi) is 10.0. The highest BCUT2D eigenvalue weighted by Gasteiger charge is 2.09. The Morgan fingerprint density at radius 1 is 1.19 bits per heavy atom. The van der Waals surface area contributed by atoms with E-state index in [1.54, 1.807) is 0 Å². The fourth-order valence-electron chi connectivity index (χ4n) is 1.86. The van der Waals surface area contributed by atoms with Crippen LogP contribution in [0.15, 0.2) is 0 Å². The number of nitrogens with zero attached hydrogens (tertiary/aromatic N) is 1. The van der Waals surface area contributed by atoms with Crippen molar-refractivity contribution in [2.75, 3.05) is 26.7 Å². The van der Waals surface area contributed by atoms with Gasteiger partial charge in [0.05, 0.1) is 6.10 Å². The van der Waals surface area contributed by atoms with E-state index >= 15 is 0 Å². The van der Waals surface area contributed by atoms with Crippen molar-refractivity contribution in [3.8, 4) is 0 Å². The van der Waals surface area contributed by atoms with Crippen molar-refractivity contribution in [2.24, 2.45) is 5.92 Å². The molecule has 0 saturated heterocycles. The second-order valence-corrected chi connectivity index (χ2v) is 5.20. The van der Waals surface area contributed by atoms with Crippen LogP contribution in [-0.2, 0) is 4.74 Å². The number of likely N-dealkylation sites (N-methyl/N-ethyl adjacent to an activating group) is 1. The van der Waals surface area contributed by atoms with Crippen LogP contribution in [0.2, 0.25) is 0 Å². The molecule has 0 amide bonds. The zero-order chi connectivity index (χ0) is 12.4. The molecule has 0 aromatic carbocycles. The molecule has 0 saturated carbocycles. The van der Waals surface area contributed by atoms with Gasteiger partial charge in [-0.3, -0.25) is 0 Å². The molecule has 0 rings (SSSR count). The Balaban J connectivity index is 3.58. The van der Waals surface area contributed by atoms with Gasteiger partial charge in [0, 0.05) is 13.2 Å². The number of ether oxygens (including phenoxy) is 1. The highest BCUT2D eigenvalue weighted by molar-refractivity contribution is 4.61. The van der Waals surface area contributed by atoms with E-state index in [1.807, 2.05) is 0 Å². The minimum atomic E-state index is 0.420. The Bertz CT molecular complexity index is 148. The lowest BCUT2D eigenvalue weighted by molar-refractivity contribution is 0.0261. The van der Waals surface area contributed by atoms with Gasteiger partial charge in [0.2, 0.25) is 0 Å². The van der Waals surface area contributed by atoms with E-state index in [0.29, 0.717) is 6.10 Å². The van der Waals surface area contributed by atoms with E-state index in [2.05, 4.69) is 39.6 Å². The van der Waals surface area contributed by atoms with Gasteiger partial charge in [-0.1, -0.05) is 27.7 Å². The minimum Gasteiger partial charge on any atom is -0.377 e. The standard InChI is InChI=1S/C14H31NO/c1-6-10-15(5)12-14(7-2)16-11-8-9-13(3)4/h13-14H,6-12H2,1-5H3. The lowest BCUT2D eigenvalue weighted by Crippen LogP contribution is -2.31. The summed E-state index contributed by atoms with van der Waals surface area (Å²) in [6, 6.07) is 0. The molecule has 0 radical (unpaired) electrons. The molecule has 0 spiro atoms. The second-order valence-electron chi connectivity index (χ2n) is 5.20. The largest absolute Gasteiger partial charge is 0.377 e. The molecule has 0 fully saturated rings. The highest BCUT2D eigenvalue weighted by Crippen LogP contribution is 2.06. The molecule has 0 aromatic heterocycles. The third-order valence-electron chi connectivity index (χ3n) is 2.86. The highest BCUT2D eigenvalue weighted by atomic mass is 16.5. The van der Waals surface area contributed by atoms with E-state index in [-0.39, 0.29) is 0 Å². The SMILES string of the molecule is CCCN(C)CC(CC)OCCCC(C)C. The maximum Gasteiger partial charge on any atom is 0.0699 e. The summed E-state index contributed by atoms with van der Waals surface area (Å²) in [7, 11) is 2.18. The Hall–Kier alpha value is -0.0800. The van der Waals surface area contributed by atoms with Gasteiger partial charge in [0.25, 0.3) is 0 Å². The van der Waals surface area contributed by atoms with Gasteiger partial charge in [-0.15, -0.1) is 0 Å². The Labute approximate surface area is 102 Å². The smallest absolute Gasteiger partial charge is 0.0699 e. The maximum absolute atomic E-state index is 5.92. The molecule has 0 aromatic rings. The van der Waals surface area contributed by atoms with Crippen molar-refractivity contribution in [1.82, 2.24) is 4.90 Å². The molecule has 0 N–H and O–H groups in total. The first-order valence-electron chi connectivity index (χ1n) is 6.90. The van der Waals surface area contributed by atoms with Gasteiger partial charge in [0.15, 0.2) is 0 Å². The topological polar surface area (TPSA) is 12.5 Å². The molecule has 0 bridgehead atoms. The molecule has 1 unspecified atom stereocenters. The van der Waals surface area contributed by atoms with Crippen LogP contribution in [0, 0.1) is 5.92 Å². The van der Waals surface area contributed by atoms with Crippen LogP contribution in [0.25, 0.3) is 0 Å². The second kappa shape index (κ2) is 10.1. The van der Waals surface area contributed by atoms with Crippen LogP contribution in [0.1, 0.15) is 53.4 Å². The van der Waals surface area contributed by atoms with Gasteiger partial charge in [-0.05, 0) is 45.2 Å². The quantitative estimate of drug-likeness (QED) is 0.531. The van der Waals surface area contributed by atoms with Crippen molar-refractivity contribution in [2.45, 2.75) is 59.5 Å². The molecular formula is C14H31NO. The van der Waals surface area contributed by atoms with Crippen molar-refractivity contribution < 1.29 is 4.74 Å². The van der Waals surface area contributed by atoms with Gasteiger partial charge < -0.3 is 9.64 Å². The molecule has 1 atom stereocenters. The van der Waals surface area contributed by atoms with E-state index in [0.717, 1.165) is 25.5 Å². The first kappa shape index (κ1) is 15.9. The van der Waals surface area contributed by atoms with E-state index in [9.17, 15) is 0 Å². The van der Waals surface area contributed by atoms with E-state index in [1.165, 1.54) is 25.8 Å². The van der Waals surface area contributed by atoms with Gasteiger partial charge in [-0.25, -0.2) is 0 Å². The molecule has 98 valence electrons. The van der Waals surface area contributed by atoms with E-state index in [4.69, 9.17) is 4.74 Å². The average molecular weight is 229 g/mol. The summed E-state index contributed by atoms with van der Waals surface area (Å²) >= 11 is 0. The van der Waals surface area contributed by atoms with Crippen molar-refractivity contribution in [3.05, 3.63) is 0 Å².